The van der Waals surface area contributed by atoms with Gasteiger partial charge in [0.15, 0.2) is 5.82 Å². The van der Waals surface area contributed by atoms with Crippen LogP contribution in [-0.2, 0) is 0 Å². The number of aryl methyl sites for hydroxylation is 1. The molecule has 0 amide bonds. The lowest BCUT2D eigenvalue weighted by Crippen LogP contribution is -2.43. The molecular formula is C20H29N5. The molecule has 0 aliphatic carbocycles. The van der Waals surface area contributed by atoms with E-state index in [9.17, 15) is 0 Å². The molecular weight excluding hydrogens is 310 g/mol. The number of pyridine rings is 1. The van der Waals surface area contributed by atoms with E-state index in [0.29, 0.717) is 11.9 Å². The highest BCUT2D eigenvalue weighted by Crippen LogP contribution is 2.21. The van der Waals surface area contributed by atoms with Gasteiger partial charge in [0.2, 0.25) is 0 Å². The van der Waals surface area contributed by atoms with Gasteiger partial charge in [-0.3, -0.25) is 9.88 Å². The fraction of sp³-hybridized carbons (Fsp3) is 0.550. The minimum Gasteiger partial charge on any atom is -0.368 e. The van der Waals surface area contributed by atoms with Crippen molar-refractivity contribution < 1.29 is 0 Å². The van der Waals surface area contributed by atoms with Crippen molar-refractivity contribution in [2.45, 2.75) is 46.6 Å². The van der Waals surface area contributed by atoms with Gasteiger partial charge in [-0.1, -0.05) is 13.0 Å². The van der Waals surface area contributed by atoms with Crippen LogP contribution in [0, 0.1) is 19.8 Å². The van der Waals surface area contributed by atoms with Crippen LogP contribution in [0.3, 0.4) is 0 Å². The van der Waals surface area contributed by atoms with E-state index in [2.05, 4.69) is 41.0 Å². The van der Waals surface area contributed by atoms with E-state index < -0.39 is 0 Å². The van der Waals surface area contributed by atoms with Gasteiger partial charge in [0, 0.05) is 36.6 Å². The van der Waals surface area contributed by atoms with Gasteiger partial charge in [-0.25, -0.2) is 9.97 Å². The van der Waals surface area contributed by atoms with Gasteiger partial charge in [-0.15, -0.1) is 0 Å². The van der Waals surface area contributed by atoms with Crippen LogP contribution in [0.4, 0.5) is 5.82 Å². The predicted octanol–water partition coefficient (Wildman–Crippen LogP) is 3.69. The van der Waals surface area contributed by atoms with Gasteiger partial charge >= 0.3 is 0 Å². The summed E-state index contributed by atoms with van der Waals surface area (Å²) in [6.45, 7) is 12.1. The molecule has 1 N–H and O–H groups in total. The number of piperidine rings is 1. The number of nitrogens with zero attached hydrogens (tertiary/aromatic N) is 4. The highest BCUT2D eigenvalue weighted by Gasteiger charge is 2.21. The second-order valence-corrected chi connectivity index (χ2v) is 7.29. The Balaban J connectivity index is 1.72. The molecule has 2 aromatic rings. The Labute approximate surface area is 150 Å². The lowest BCUT2D eigenvalue weighted by atomic mass is 9.99. The molecule has 3 heterocycles. The van der Waals surface area contributed by atoms with Crippen LogP contribution in [0.25, 0.3) is 11.5 Å². The molecule has 2 aromatic heterocycles. The maximum atomic E-state index is 4.73. The van der Waals surface area contributed by atoms with Crippen molar-refractivity contribution in [2.75, 3.05) is 25.0 Å². The lowest BCUT2D eigenvalue weighted by molar-refractivity contribution is 0.144. The molecule has 5 heteroatoms. The highest BCUT2D eigenvalue weighted by atomic mass is 15.2. The quantitative estimate of drug-likeness (QED) is 0.900. The molecule has 1 aliphatic rings. The topological polar surface area (TPSA) is 53.9 Å². The first kappa shape index (κ1) is 17.8. The Morgan fingerprint density at radius 2 is 2.12 bits per heavy atom. The third kappa shape index (κ3) is 4.34. The molecule has 25 heavy (non-hydrogen) atoms. The Bertz CT molecular complexity index is 701. The van der Waals surface area contributed by atoms with Crippen molar-refractivity contribution in [3.05, 3.63) is 35.7 Å². The number of nitrogens with one attached hydrogen (secondary N) is 1. The summed E-state index contributed by atoms with van der Waals surface area (Å²) in [5.41, 5.74) is 2.92. The minimum absolute atomic E-state index is 0.496. The van der Waals surface area contributed by atoms with Crippen molar-refractivity contribution in [2.24, 2.45) is 5.92 Å². The second kappa shape index (κ2) is 7.91. The van der Waals surface area contributed by atoms with Crippen molar-refractivity contribution in [1.82, 2.24) is 19.9 Å². The van der Waals surface area contributed by atoms with Crippen molar-refractivity contribution in [3.8, 4) is 11.5 Å². The molecule has 1 aliphatic heterocycles. The molecule has 0 saturated carbocycles. The average molecular weight is 339 g/mol. The van der Waals surface area contributed by atoms with Crippen LogP contribution in [0.1, 0.15) is 37.9 Å². The third-order valence-corrected chi connectivity index (χ3v) is 5.16. The van der Waals surface area contributed by atoms with Gasteiger partial charge < -0.3 is 5.32 Å². The zero-order valence-corrected chi connectivity index (χ0v) is 15.8. The van der Waals surface area contributed by atoms with Crippen LogP contribution in [0.15, 0.2) is 24.4 Å². The normalized spacial score (nSPS) is 19.6. The van der Waals surface area contributed by atoms with Crippen LogP contribution in [0.5, 0.6) is 0 Å². The molecule has 3 rings (SSSR count). The van der Waals surface area contributed by atoms with Crippen molar-refractivity contribution in [1.29, 1.82) is 0 Å². The molecule has 2 unspecified atom stereocenters. The Kier molecular flexibility index (Phi) is 5.63. The number of aromatic nitrogens is 3. The van der Waals surface area contributed by atoms with Gasteiger partial charge in [-0.05, 0) is 58.2 Å². The average Bonchev–Trinajstić information content (AvgIpc) is 2.63. The van der Waals surface area contributed by atoms with E-state index in [1.54, 1.807) is 6.20 Å². The SMILES string of the molecule is Cc1nc(-c2ccccn2)nc(NCC(C)N2CCCC(C)C2)c1C. The van der Waals surface area contributed by atoms with Gasteiger partial charge in [-0.2, -0.15) is 0 Å². The molecule has 2 atom stereocenters. The summed E-state index contributed by atoms with van der Waals surface area (Å²) in [6.07, 6.45) is 4.44. The summed E-state index contributed by atoms with van der Waals surface area (Å²) in [5.74, 6) is 2.41. The van der Waals surface area contributed by atoms with E-state index >= 15 is 0 Å². The van der Waals surface area contributed by atoms with Crippen LogP contribution >= 0.6 is 0 Å². The summed E-state index contributed by atoms with van der Waals surface area (Å²) >= 11 is 0. The summed E-state index contributed by atoms with van der Waals surface area (Å²) in [6, 6.07) is 6.32. The molecule has 0 aromatic carbocycles. The van der Waals surface area contributed by atoms with Crippen molar-refractivity contribution >= 4 is 5.82 Å². The zero-order chi connectivity index (χ0) is 17.8. The first-order valence-corrected chi connectivity index (χ1v) is 9.29. The number of rotatable bonds is 5. The molecule has 1 fully saturated rings. The molecule has 134 valence electrons. The molecule has 1 saturated heterocycles. The summed E-state index contributed by atoms with van der Waals surface area (Å²) in [7, 11) is 0. The van der Waals surface area contributed by atoms with Gasteiger partial charge in [0.25, 0.3) is 0 Å². The number of hydrogen-bond donors (Lipinski definition) is 1. The van der Waals surface area contributed by atoms with E-state index in [1.807, 2.05) is 25.1 Å². The Morgan fingerprint density at radius 3 is 2.84 bits per heavy atom. The van der Waals surface area contributed by atoms with Gasteiger partial charge in [0.1, 0.15) is 11.5 Å². The van der Waals surface area contributed by atoms with Crippen molar-refractivity contribution in [3.63, 3.8) is 0 Å². The Morgan fingerprint density at radius 1 is 1.28 bits per heavy atom. The third-order valence-electron chi connectivity index (χ3n) is 5.16. The number of anilines is 1. The van der Waals surface area contributed by atoms with Crippen LogP contribution in [-0.4, -0.2) is 45.5 Å². The number of hydrogen-bond acceptors (Lipinski definition) is 5. The highest BCUT2D eigenvalue weighted by molar-refractivity contribution is 5.56. The fourth-order valence-electron chi connectivity index (χ4n) is 3.41. The molecule has 0 bridgehead atoms. The molecule has 5 nitrogen and oxygen atoms in total. The maximum Gasteiger partial charge on any atom is 0.180 e. The minimum atomic E-state index is 0.496. The maximum absolute atomic E-state index is 4.73. The summed E-state index contributed by atoms with van der Waals surface area (Å²) in [4.78, 5) is 16.3. The monoisotopic (exact) mass is 339 g/mol. The zero-order valence-electron chi connectivity index (χ0n) is 15.8. The molecule has 0 radical (unpaired) electrons. The van der Waals surface area contributed by atoms with Gasteiger partial charge in [0.05, 0.1) is 0 Å². The first-order chi connectivity index (χ1) is 12.0. The Hall–Kier alpha value is -2.01. The second-order valence-electron chi connectivity index (χ2n) is 7.29. The van der Waals surface area contributed by atoms with E-state index in [0.717, 1.165) is 35.2 Å². The van der Waals surface area contributed by atoms with Crippen LogP contribution < -0.4 is 5.32 Å². The summed E-state index contributed by atoms with van der Waals surface area (Å²) < 4.78 is 0. The first-order valence-electron chi connectivity index (χ1n) is 9.29. The van der Waals surface area contributed by atoms with E-state index in [4.69, 9.17) is 4.98 Å². The fourth-order valence-corrected chi connectivity index (χ4v) is 3.41. The lowest BCUT2D eigenvalue weighted by Gasteiger charge is -2.35. The predicted molar refractivity (Wildman–Crippen MR) is 103 cm³/mol. The van der Waals surface area contributed by atoms with E-state index in [1.165, 1.54) is 25.9 Å². The largest absolute Gasteiger partial charge is 0.368 e. The number of likely N-dealkylation sites (tertiary alicyclic amines) is 1. The smallest absolute Gasteiger partial charge is 0.180 e. The standard InChI is InChI=1S/C20H29N5/c1-14-8-7-11-25(13-14)15(2)12-22-19-16(3)17(4)23-20(24-19)18-9-5-6-10-21-18/h5-6,9-10,14-15H,7-8,11-13H2,1-4H3,(H,22,23,24). The van der Waals surface area contributed by atoms with Crippen LogP contribution in [0.2, 0.25) is 0 Å². The van der Waals surface area contributed by atoms with E-state index in [-0.39, 0.29) is 0 Å². The summed E-state index contributed by atoms with van der Waals surface area (Å²) in [5, 5.41) is 3.56. The molecule has 0 spiro atoms.